The van der Waals surface area contributed by atoms with Gasteiger partial charge in [0.15, 0.2) is 6.23 Å². The Bertz CT molecular complexity index is 1270. The summed E-state index contributed by atoms with van der Waals surface area (Å²) in [5, 5.41) is 0.716. The zero-order chi connectivity index (χ0) is 26.0. The highest BCUT2D eigenvalue weighted by Gasteiger charge is 2.40. The number of carbonyl (C=O) groups is 2. The van der Waals surface area contributed by atoms with Gasteiger partial charge in [0.05, 0.1) is 25.1 Å². The molecule has 2 aromatic heterocycles. The predicted molar refractivity (Wildman–Crippen MR) is 135 cm³/mol. The molecular formula is C26H33N5O5. The van der Waals surface area contributed by atoms with Gasteiger partial charge < -0.3 is 29.4 Å². The van der Waals surface area contributed by atoms with Crippen molar-refractivity contribution in [2.24, 2.45) is 5.41 Å². The maximum absolute atomic E-state index is 13.2. The van der Waals surface area contributed by atoms with Crippen LogP contribution in [0.4, 0.5) is 10.6 Å². The Kier molecular flexibility index (Phi) is 7.05. The third kappa shape index (κ3) is 5.22. The van der Waals surface area contributed by atoms with E-state index >= 15 is 0 Å². The van der Waals surface area contributed by atoms with Crippen LogP contribution >= 0.6 is 0 Å². The third-order valence-electron chi connectivity index (χ3n) is 6.14. The third-order valence-corrected chi connectivity index (χ3v) is 6.14. The van der Waals surface area contributed by atoms with Crippen LogP contribution < -0.4 is 10.5 Å². The molecule has 36 heavy (non-hydrogen) atoms. The lowest BCUT2D eigenvalue weighted by atomic mass is 9.91. The number of benzene rings is 1. The number of carbonyl (C=O) groups excluding carboxylic acids is 2. The van der Waals surface area contributed by atoms with E-state index in [4.69, 9.17) is 19.9 Å². The van der Waals surface area contributed by atoms with Crippen molar-refractivity contribution in [3.63, 3.8) is 0 Å². The summed E-state index contributed by atoms with van der Waals surface area (Å²) < 4.78 is 18.0. The molecule has 1 aromatic carbocycles. The number of nitrogen functional groups attached to an aromatic ring is 1. The topological polar surface area (TPSA) is 122 Å². The Morgan fingerprint density at radius 1 is 1.22 bits per heavy atom. The molecule has 0 spiro atoms. The molecule has 1 aliphatic rings. The van der Waals surface area contributed by atoms with Crippen LogP contribution in [0.25, 0.3) is 22.2 Å². The van der Waals surface area contributed by atoms with E-state index in [0.717, 1.165) is 11.1 Å². The summed E-state index contributed by atoms with van der Waals surface area (Å²) in [4.78, 5) is 35.7. The van der Waals surface area contributed by atoms with Gasteiger partial charge in [0.1, 0.15) is 23.5 Å². The fourth-order valence-electron chi connectivity index (χ4n) is 4.57. The average Bonchev–Trinajstić information content (AvgIpc) is 3.41. The van der Waals surface area contributed by atoms with E-state index in [2.05, 4.69) is 9.97 Å². The van der Waals surface area contributed by atoms with Crippen LogP contribution in [0.5, 0.6) is 5.75 Å². The zero-order valence-corrected chi connectivity index (χ0v) is 21.4. The van der Waals surface area contributed by atoms with E-state index in [1.54, 1.807) is 18.9 Å². The molecule has 3 aromatic rings. The first-order chi connectivity index (χ1) is 17.1. The molecular weight excluding hydrogens is 462 g/mol. The Morgan fingerprint density at radius 2 is 2.00 bits per heavy atom. The van der Waals surface area contributed by atoms with Crippen molar-refractivity contribution in [1.82, 2.24) is 19.4 Å². The van der Waals surface area contributed by atoms with Crippen molar-refractivity contribution >= 4 is 28.9 Å². The fourth-order valence-corrected chi connectivity index (χ4v) is 4.57. The van der Waals surface area contributed by atoms with Crippen LogP contribution in [-0.2, 0) is 14.3 Å². The summed E-state index contributed by atoms with van der Waals surface area (Å²) >= 11 is 0. The molecule has 2 atom stereocenters. The first-order valence-corrected chi connectivity index (χ1v) is 12.0. The summed E-state index contributed by atoms with van der Waals surface area (Å²) in [6.45, 7) is 8.24. The molecule has 0 aliphatic carbocycles. The number of nitrogens with two attached hydrogens (primary N) is 1. The SMILES string of the molecule is CCOC(=O)OC1CC(n2cc(-c3cccc(OC)c3)c3c(N)ncnc32)CN1C(=O)CC(C)(C)C. The van der Waals surface area contributed by atoms with Crippen LogP contribution in [0.2, 0.25) is 0 Å². The van der Waals surface area contributed by atoms with Crippen molar-refractivity contribution in [3.05, 3.63) is 36.8 Å². The molecule has 10 nitrogen and oxygen atoms in total. The molecule has 1 saturated heterocycles. The molecule has 0 saturated carbocycles. The predicted octanol–water partition coefficient (Wildman–Crippen LogP) is 4.40. The maximum Gasteiger partial charge on any atom is 0.510 e. The van der Waals surface area contributed by atoms with Gasteiger partial charge in [-0.15, -0.1) is 0 Å². The highest BCUT2D eigenvalue weighted by molar-refractivity contribution is 6.00. The molecule has 10 heteroatoms. The number of methoxy groups -OCH3 is 1. The summed E-state index contributed by atoms with van der Waals surface area (Å²) in [5.74, 6) is 0.985. The van der Waals surface area contributed by atoms with Gasteiger partial charge in [-0.3, -0.25) is 4.79 Å². The molecule has 4 rings (SSSR count). The molecule has 0 radical (unpaired) electrons. The first-order valence-electron chi connectivity index (χ1n) is 12.0. The lowest BCUT2D eigenvalue weighted by Crippen LogP contribution is -2.40. The molecule has 1 fully saturated rings. The first kappa shape index (κ1) is 25.3. The second kappa shape index (κ2) is 10.0. The van der Waals surface area contributed by atoms with E-state index in [9.17, 15) is 9.59 Å². The van der Waals surface area contributed by atoms with Crippen molar-refractivity contribution in [3.8, 4) is 16.9 Å². The number of hydrogen-bond acceptors (Lipinski definition) is 8. The van der Waals surface area contributed by atoms with Crippen LogP contribution in [0.15, 0.2) is 36.8 Å². The minimum absolute atomic E-state index is 0.0853. The fraction of sp³-hybridized carbons (Fsp3) is 0.462. The van der Waals surface area contributed by atoms with Gasteiger partial charge in [-0.2, -0.15) is 0 Å². The Morgan fingerprint density at radius 3 is 2.69 bits per heavy atom. The van der Waals surface area contributed by atoms with Crippen LogP contribution in [-0.4, -0.2) is 58.0 Å². The lowest BCUT2D eigenvalue weighted by Gasteiger charge is -2.27. The summed E-state index contributed by atoms with van der Waals surface area (Å²) in [7, 11) is 1.62. The summed E-state index contributed by atoms with van der Waals surface area (Å²) in [6.07, 6.45) is 2.56. The largest absolute Gasteiger partial charge is 0.510 e. The standard InChI is InChI=1S/C26H33N5O5/c1-6-35-25(33)36-21-11-17(13-31(21)20(32)12-26(2,3)4)30-14-19(16-8-7-9-18(10-16)34-5)22-23(27)28-15-29-24(22)30/h7-10,14-15,17,21H,6,11-13H2,1-5H3,(H2,27,28,29). The van der Waals surface area contributed by atoms with Gasteiger partial charge in [-0.1, -0.05) is 32.9 Å². The molecule has 3 heterocycles. The van der Waals surface area contributed by atoms with Gasteiger partial charge in [0.25, 0.3) is 0 Å². The number of aromatic nitrogens is 3. The van der Waals surface area contributed by atoms with Crippen molar-refractivity contribution in [2.45, 2.75) is 52.8 Å². The van der Waals surface area contributed by atoms with E-state index in [-0.39, 0.29) is 24.0 Å². The van der Waals surface area contributed by atoms with Crippen molar-refractivity contribution in [1.29, 1.82) is 0 Å². The second-order valence-electron chi connectivity index (χ2n) is 10.1. The van der Waals surface area contributed by atoms with Gasteiger partial charge in [0.2, 0.25) is 5.91 Å². The average molecular weight is 496 g/mol. The van der Waals surface area contributed by atoms with E-state index in [1.165, 1.54) is 6.33 Å². The van der Waals surface area contributed by atoms with Gasteiger partial charge in [0, 0.05) is 31.1 Å². The highest BCUT2D eigenvalue weighted by atomic mass is 16.7. The molecule has 0 bridgehead atoms. The minimum Gasteiger partial charge on any atom is -0.497 e. The normalized spacial score (nSPS) is 17.9. The molecule has 1 amide bonds. The Labute approximate surface area is 210 Å². The number of ether oxygens (including phenoxy) is 3. The van der Waals surface area contributed by atoms with E-state index in [0.29, 0.717) is 42.0 Å². The lowest BCUT2D eigenvalue weighted by molar-refractivity contribution is -0.141. The quantitative estimate of drug-likeness (QED) is 0.500. The summed E-state index contributed by atoms with van der Waals surface area (Å²) in [6, 6.07) is 7.46. The zero-order valence-electron chi connectivity index (χ0n) is 21.4. The molecule has 2 N–H and O–H groups in total. The monoisotopic (exact) mass is 495 g/mol. The van der Waals surface area contributed by atoms with E-state index < -0.39 is 12.4 Å². The molecule has 1 aliphatic heterocycles. The minimum atomic E-state index is -0.794. The van der Waals surface area contributed by atoms with Crippen LogP contribution in [0.3, 0.4) is 0 Å². The smallest absolute Gasteiger partial charge is 0.497 e. The van der Waals surface area contributed by atoms with Gasteiger partial charge in [-0.25, -0.2) is 14.8 Å². The molecule has 2 unspecified atom stereocenters. The van der Waals surface area contributed by atoms with Crippen LogP contribution in [0.1, 0.15) is 46.6 Å². The van der Waals surface area contributed by atoms with Crippen molar-refractivity contribution < 1.29 is 23.8 Å². The van der Waals surface area contributed by atoms with Gasteiger partial charge in [-0.05, 0) is 30.0 Å². The number of hydrogen-bond donors (Lipinski definition) is 1. The highest BCUT2D eigenvalue weighted by Crippen LogP contribution is 2.39. The summed E-state index contributed by atoms with van der Waals surface area (Å²) in [5.41, 5.74) is 8.48. The number of nitrogens with zero attached hydrogens (tertiary/aromatic N) is 4. The van der Waals surface area contributed by atoms with Crippen molar-refractivity contribution in [2.75, 3.05) is 26.0 Å². The van der Waals surface area contributed by atoms with E-state index in [1.807, 2.05) is 55.8 Å². The van der Waals surface area contributed by atoms with Gasteiger partial charge >= 0.3 is 6.16 Å². The molecule has 192 valence electrons. The second-order valence-corrected chi connectivity index (χ2v) is 10.1. The Hall–Kier alpha value is -3.82. The maximum atomic E-state index is 13.2. The number of rotatable bonds is 6. The number of likely N-dealkylation sites (tertiary alicyclic amines) is 1. The Balaban J connectivity index is 1.74. The number of amides is 1. The number of fused-ring (bicyclic) bond motifs is 1. The number of anilines is 1. The van der Waals surface area contributed by atoms with Crippen LogP contribution in [0, 0.1) is 5.41 Å².